The predicted octanol–water partition coefficient (Wildman–Crippen LogP) is 2.75. The van der Waals surface area contributed by atoms with Gasteiger partial charge in [-0.2, -0.15) is 0 Å². The summed E-state index contributed by atoms with van der Waals surface area (Å²) >= 11 is 5.72. The summed E-state index contributed by atoms with van der Waals surface area (Å²) in [6, 6.07) is 3.81. The van der Waals surface area contributed by atoms with Crippen molar-refractivity contribution in [2.45, 2.75) is 12.8 Å². The van der Waals surface area contributed by atoms with E-state index in [4.69, 9.17) is 11.6 Å². The van der Waals surface area contributed by atoms with Gasteiger partial charge in [-0.3, -0.25) is 0 Å². The van der Waals surface area contributed by atoms with Gasteiger partial charge in [-0.25, -0.2) is 4.98 Å². The fraction of sp³-hybridized carbons (Fsp3) is 0.417. The van der Waals surface area contributed by atoms with E-state index in [1.54, 1.807) is 6.20 Å². The van der Waals surface area contributed by atoms with Crippen LogP contribution in [0.5, 0.6) is 0 Å². The lowest BCUT2D eigenvalue weighted by molar-refractivity contribution is 0.439. The molecule has 0 bridgehead atoms. The largest absolute Gasteiger partial charge is 0.316 e. The van der Waals surface area contributed by atoms with Crippen LogP contribution in [0.3, 0.4) is 0 Å². The molecule has 0 amide bonds. The first-order valence-corrected chi connectivity index (χ1v) is 5.73. The maximum atomic E-state index is 5.72. The van der Waals surface area contributed by atoms with Crippen LogP contribution in [0.1, 0.15) is 18.4 Å². The summed E-state index contributed by atoms with van der Waals surface area (Å²) in [7, 11) is 0. The molecule has 2 rings (SSSR count). The van der Waals surface area contributed by atoms with Gasteiger partial charge >= 0.3 is 0 Å². The Morgan fingerprint density at radius 3 is 3.07 bits per heavy atom. The third-order valence-electron chi connectivity index (χ3n) is 2.65. The Balaban J connectivity index is 1.95. The van der Waals surface area contributed by atoms with Crippen LogP contribution in [0.4, 0.5) is 0 Å². The number of nitrogens with one attached hydrogen (secondary N) is 1. The van der Waals surface area contributed by atoms with E-state index in [2.05, 4.69) is 22.5 Å². The number of pyridine rings is 1. The van der Waals surface area contributed by atoms with Gasteiger partial charge in [0.1, 0.15) is 5.15 Å². The minimum atomic E-state index is 0.548. The molecule has 0 unspecified atom stereocenters. The maximum absolute atomic E-state index is 5.72. The topological polar surface area (TPSA) is 24.9 Å². The van der Waals surface area contributed by atoms with Crippen molar-refractivity contribution in [1.82, 2.24) is 10.3 Å². The van der Waals surface area contributed by atoms with Crippen LogP contribution in [0.25, 0.3) is 6.08 Å². The van der Waals surface area contributed by atoms with Crippen LogP contribution in [0.15, 0.2) is 24.4 Å². The van der Waals surface area contributed by atoms with Gasteiger partial charge in [-0.05, 0) is 36.9 Å². The first-order chi connectivity index (χ1) is 7.34. The highest BCUT2D eigenvalue weighted by atomic mass is 35.5. The van der Waals surface area contributed by atoms with Crippen LogP contribution >= 0.6 is 11.6 Å². The number of hydrogen-bond acceptors (Lipinski definition) is 2. The zero-order valence-electron chi connectivity index (χ0n) is 8.62. The van der Waals surface area contributed by atoms with Gasteiger partial charge in [0, 0.05) is 12.7 Å². The van der Waals surface area contributed by atoms with Gasteiger partial charge in [-0.1, -0.05) is 29.8 Å². The molecule has 0 saturated carbocycles. The third-order valence-corrected chi connectivity index (χ3v) is 2.87. The average Bonchev–Trinajstić information content (AvgIpc) is 2.30. The van der Waals surface area contributed by atoms with Gasteiger partial charge in [0.05, 0.1) is 0 Å². The van der Waals surface area contributed by atoms with Crippen molar-refractivity contribution in [3.8, 4) is 0 Å². The molecule has 1 saturated heterocycles. The molecule has 2 heterocycles. The summed E-state index contributed by atoms with van der Waals surface area (Å²) in [5, 5.41) is 3.94. The second-order valence-electron chi connectivity index (χ2n) is 3.88. The summed E-state index contributed by atoms with van der Waals surface area (Å²) in [6.07, 6.45) is 8.74. The fourth-order valence-corrected chi connectivity index (χ4v) is 1.89. The second kappa shape index (κ2) is 5.29. The third kappa shape index (κ3) is 3.33. The van der Waals surface area contributed by atoms with Crippen LogP contribution in [-0.2, 0) is 0 Å². The van der Waals surface area contributed by atoms with Gasteiger partial charge in [0.25, 0.3) is 0 Å². The van der Waals surface area contributed by atoms with Crippen molar-refractivity contribution in [2.24, 2.45) is 5.92 Å². The minimum Gasteiger partial charge on any atom is -0.316 e. The van der Waals surface area contributed by atoms with Gasteiger partial charge in [-0.15, -0.1) is 0 Å². The van der Waals surface area contributed by atoms with Crippen LogP contribution in [-0.4, -0.2) is 18.1 Å². The Morgan fingerprint density at radius 1 is 1.47 bits per heavy atom. The molecule has 1 aromatic heterocycles. The Labute approximate surface area is 95.4 Å². The Hall–Kier alpha value is -0.860. The maximum Gasteiger partial charge on any atom is 0.129 e. The number of piperidine rings is 1. The molecule has 1 aliphatic rings. The minimum absolute atomic E-state index is 0.548. The van der Waals surface area contributed by atoms with Crippen molar-refractivity contribution in [1.29, 1.82) is 0 Å². The van der Waals surface area contributed by atoms with Crippen LogP contribution in [0.2, 0.25) is 5.15 Å². The van der Waals surface area contributed by atoms with Crippen molar-refractivity contribution >= 4 is 17.7 Å². The van der Waals surface area contributed by atoms with Gasteiger partial charge in [0.15, 0.2) is 0 Å². The van der Waals surface area contributed by atoms with Gasteiger partial charge < -0.3 is 5.32 Å². The van der Waals surface area contributed by atoms with E-state index in [-0.39, 0.29) is 0 Å². The molecule has 15 heavy (non-hydrogen) atoms. The normalized spacial score (nSPS) is 22.1. The van der Waals surface area contributed by atoms with E-state index >= 15 is 0 Å². The number of halogens is 1. The quantitative estimate of drug-likeness (QED) is 0.779. The number of rotatable bonds is 2. The standard InChI is InChI=1S/C12H15ClN2/c13-12-6-5-11(9-15-12)4-3-10-2-1-7-14-8-10/h3-6,9-10,14H,1-2,7-8H2/b4-3+/t10-/m1/s1. The van der Waals surface area contributed by atoms with Gasteiger partial charge in [0.2, 0.25) is 0 Å². The molecule has 1 N–H and O–H groups in total. The molecule has 1 aliphatic heterocycles. The van der Waals surface area contributed by atoms with E-state index in [0.717, 1.165) is 18.7 Å². The van der Waals surface area contributed by atoms with E-state index < -0.39 is 0 Å². The van der Waals surface area contributed by atoms with Crippen molar-refractivity contribution < 1.29 is 0 Å². The summed E-state index contributed by atoms with van der Waals surface area (Å²) in [5.41, 5.74) is 1.12. The highest BCUT2D eigenvalue weighted by Crippen LogP contribution is 2.14. The molecule has 1 atom stereocenters. The molecule has 0 aliphatic carbocycles. The van der Waals surface area contributed by atoms with E-state index in [9.17, 15) is 0 Å². The summed E-state index contributed by atoms with van der Waals surface area (Å²) in [6.45, 7) is 2.25. The Kier molecular flexibility index (Phi) is 3.75. The van der Waals surface area contributed by atoms with E-state index in [1.807, 2.05) is 12.1 Å². The Morgan fingerprint density at radius 2 is 2.40 bits per heavy atom. The lowest BCUT2D eigenvalue weighted by atomic mass is 9.98. The number of nitrogens with zero attached hydrogens (tertiary/aromatic N) is 1. The monoisotopic (exact) mass is 222 g/mol. The molecule has 0 spiro atoms. The molecule has 2 nitrogen and oxygen atoms in total. The molecular weight excluding hydrogens is 208 g/mol. The molecule has 0 aromatic carbocycles. The van der Waals surface area contributed by atoms with E-state index in [1.165, 1.54) is 12.8 Å². The SMILES string of the molecule is Clc1ccc(/C=C/[C@H]2CCCNC2)cn1. The lowest BCUT2D eigenvalue weighted by Crippen LogP contribution is -2.28. The Bertz CT molecular complexity index is 326. The number of aromatic nitrogens is 1. The highest BCUT2D eigenvalue weighted by Gasteiger charge is 2.08. The molecule has 0 radical (unpaired) electrons. The predicted molar refractivity (Wildman–Crippen MR) is 63.9 cm³/mol. The zero-order valence-corrected chi connectivity index (χ0v) is 9.37. The zero-order chi connectivity index (χ0) is 10.5. The smallest absolute Gasteiger partial charge is 0.129 e. The van der Waals surface area contributed by atoms with Crippen molar-refractivity contribution in [2.75, 3.05) is 13.1 Å². The lowest BCUT2D eigenvalue weighted by Gasteiger charge is -2.19. The van der Waals surface area contributed by atoms with Crippen LogP contribution < -0.4 is 5.32 Å². The average molecular weight is 223 g/mol. The first-order valence-electron chi connectivity index (χ1n) is 5.35. The summed E-state index contributed by atoms with van der Waals surface area (Å²) in [5.74, 6) is 0.662. The van der Waals surface area contributed by atoms with Crippen molar-refractivity contribution in [3.05, 3.63) is 35.1 Å². The first kappa shape index (κ1) is 10.7. The second-order valence-corrected chi connectivity index (χ2v) is 4.27. The molecule has 1 aromatic rings. The molecule has 3 heteroatoms. The number of hydrogen-bond donors (Lipinski definition) is 1. The van der Waals surface area contributed by atoms with Crippen molar-refractivity contribution in [3.63, 3.8) is 0 Å². The summed E-state index contributed by atoms with van der Waals surface area (Å²) in [4.78, 5) is 4.04. The fourth-order valence-electron chi connectivity index (χ4n) is 1.78. The molecule has 1 fully saturated rings. The molecule has 80 valence electrons. The highest BCUT2D eigenvalue weighted by molar-refractivity contribution is 6.29. The van der Waals surface area contributed by atoms with E-state index in [0.29, 0.717) is 11.1 Å². The van der Waals surface area contributed by atoms with Crippen LogP contribution in [0, 0.1) is 5.92 Å². The summed E-state index contributed by atoms with van der Waals surface area (Å²) < 4.78 is 0. The molecular formula is C12H15ClN2.